The van der Waals surface area contributed by atoms with E-state index in [1.54, 1.807) is 11.1 Å². The van der Waals surface area contributed by atoms with Gasteiger partial charge < -0.3 is 10.6 Å². The van der Waals surface area contributed by atoms with E-state index in [0.717, 1.165) is 31.4 Å². The predicted octanol–water partition coefficient (Wildman–Crippen LogP) is 1.54. The quantitative estimate of drug-likeness (QED) is 0.829. The van der Waals surface area contributed by atoms with E-state index in [1.807, 2.05) is 25.2 Å². The third kappa shape index (κ3) is 2.76. The van der Waals surface area contributed by atoms with E-state index >= 15 is 0 Å². The van der Waals surface area contributed by atoms with Crippen LogP contribution in [0, 0.1) is 5.41 Å². The number of likely N-dealkylation sites (N-methyl/N-ethyl adjacent to an activating group) is 1. The van der Waals surface area contributed by atoms with Gasteiger partial charge in [0.25, 0.3) is 0 Å². The Morgan fingerprint density at radius 2 is 2.26 bits per heavy atom. The third-order valence-electron chi connectivity index (χ3n) is 3.86. The zero-order valence-corrected chi connectivity index (χ0v) is 11.9. The molecule has 1 aliphatic rings. The van der Waals surface area contributed by atoms with E-state index in [-0.39, 0.29) is 5.91 Å². The van der Waals surface area contributed by atoms with Crippen molar-refractivity contribution in [2.24, 2.45) is 11.1 Å². The summed E-state index contributed by atoms with van der Waals surface area (Å²) >= 11 is 5.07. The highest BCUT2D eigenvalue weighted by Crippen LogP contribution is 2.42. The van der Waals surface area contributed by atoms with Crippen molar-refractivity contribution in [1.82, 2.24) is 9.88 Å². The van der Waals surface area contributed by atoms with Gasteiger partial charge >= 0.3 is 0 Å². The summed E-state index contributed by atoms with van der Waals surface area (Å²) in [5.74, 6) is 0.0576. The van der Waals surface area contributed by atoms with Crippen LogP contribution in [0.25, 0.3) is 0 Å². The summed E-state index contributed by atoms with van der Waals surface area (Å²) in [6, 6.07) is 5.80. The number of pyridine rings is 1. The molecule has 4 nitrogen and oxygen atoms in total. The molecule has 1 saturated carbocycles. The molecule has 0 bridgehead atoms. The van der Waals surface area contributed by atoms with Crippen LogP contribution < -0.4 is 5.73 Å². The largest absolute Gasteiger partial charge is 0.392 e. The van der Waals surface area contributed by atoms with E-state index in [1.165, 1.54) is 0 Å². The van der Waals surface area contributed by atoms with Gasteiger partial charge in [-0.15, -0.1) is 0 Å². The molecule has 2 rings (SSSR count). The molecule has 0 saturated heterocycles. The van der Waals surface area contributed by atoms with Gasteiger partial charge in [-0.2, -0.15) is 0 Å². The number of hydrogen-bond acceptors (Lipinski definition) is 3. The molecule has 0 radical (unpaired) electrons. The minimum atomic E-state index is -0.575. The number of nitrogens with two attached hydrogens (primary N) is 1. The molecule has 102 valence electrons. The van der Waals surface area contributed by atoms with Crippen LogP contribution in [0.5, 0.6) is 0 Å². The lowest BCUT2D eigenvalue weighted by atomic mass is 9.67. The zero-order valence-electron chi connectivity index (χ0n) is 11.1. The van der Waals surface area contributed by atoms with Crippen molar-refractivity contribution in [3.63, 3.8) is 0 Å². The van der Waals surface area contributed by atoms with Crippen LogP contribution in [-0.4, -0.2) is 34.4 Å². The minimum Gasteiger partial charge on any atom is -0.392 e. The Morgan fingerprint density at radius 1 is 1.53 bits per heavy atom. The summed E-state index contributed by atoms with van der Waals surface area (Å²) in [4.78, 5) is 18.8. The summed E-state index contributed by atoms with van der Waals surface area (Å²) < 4.78 is 0. The van der Waals surface area contributed by atoms with E-state index in [0.29, 0.717) is 11.5 Å². The van der Waals surface area contributed by atoms with Crippen molar-refractivity contribution in [1.29, 1.82) is 0 Å². The van der Waals surface area contributed by atoms with Crippen LogP contribution >= 0.6 is 12.2 Å². The van der Waals surface area contributed by atoms with Gasteiger partial charge in [0, 0.05) is 31.9 Å². The second-order valence-corrected chi connectivity index (χ2v) is 5.54. The number of nitrogens with zero attached hydrogens (tertiary/aromatic N) is 2. The first kappa shape index (κ1) is 13.9. The standard InChI is InChI=1S/C14H19N3OS/c1-17(10-6-11-5-2-3-9-16-11)13(18)14(12(15)19)7-4-8-14/h2-3,5,9H,4,6-8,10H2,1H3,(H2,15,19). The smallest absolute Gasteiger partial charge is 0.235 e. The Bertz CT molecular complexity index is 471. The van der Waals surface area contributed by atoms with Crippen molar-refractivity contribution in [2.75, 3.05) is 13.6 Å². The molecule has 1 aromatic rings. The van der Waals surface area contributed by atoms with Gasteiger partial charge in [-0.25, -0.2) is 0 Å². The first-order valence-electron chi connectivity index (χ1n) is 6.52. The Kier molecular flexibility index (Phi) is 4.14. The van der Waals surface area contributed by atoms with Crippen LogP contribution in [0.2, 0.25) is 0 Å². The molecule has 0 aromatic carbocycles. The molecule has 5 heteroatoms. The Morgan fingerprint density at radius 3 is 2.74 bits per heavy atom. The average molecular weight is 277 g/mol. The number of amides is 1. The molecule has 1 fully saturated rings. The van der Waals surface area contributed by atoms with Gasteiger partial charge in [0.1, 0.15) is 0 Å². The lowest BCUT2D eigenvalue weighted by Gasteiger charge is -2.41. The minimum absolute atomic E-state index is 0.0576. The number of rotatable bonds is 5. The lowest BCUT2D eigenvalue weighted by molar-refractivity contribution is -0.140. The molecule has 1 aliphatic carbocycles. The van der Waals surface area contributed by atoms with E-state index in [4.69, 9.17) is 18.0 Å². The molecule has 0 unspecified atom stereocenters. The van der Waals surface area contributed by atoms with Gasteiger partial charge in [-0.3, -0.25) is 9.78 Å². The van der Waals surface area contributed by atoms with Crippen LogP contribution in [0.1, 0.15) is 25.0 Å². The molecule has 19 heavy (non-hydrogen) atoms. The number of aromatic nitrogens is 1. The number of hydrogen-bond donors (Lipinski definition) is 1. The van der Waals surface area contributed by atoms with Crippen molar-refractivity contribution in [2.45, 2.75) is 25.7 Å². The highest BCUT2D eigenvalue weighted by Gasteiger charge is 2.48. The summed E-state index contributed by atoms with van der Waals surface area (Å²) in [5.41, 5.74) is 6.16. The molecule has 0 atom stereocenters. The van der Waals surface area contributed by atoms with Crippen molar-refractivity contribution in [3.05, 3.63) is 30.1 Å². The summed E-state index contributed by atoms with van der Waals surface area (Å²) in [6.07, 6.45) is 5.11. The Balaban J connectivity index is 1.94. The molecular weight excluding hydrogens is 258 g/mol. The normalized spacial score (nSPS) is 16.5. The number of carbonyl (C=O) groups is 1. The second-order valence-electron chi connectivity index (χ2n) is 5.10. The Labute approximate surface area is 119 Å². The monoisotopic (exact) mass is 277 g/mol. The first-order valence-corrected chi connectivity index (χ1v) is 6.92. The highest BCUT2D eigenvalue weighted by molar-refractivity contribution is 7.80. The van der Waals surface area contributed by atoms with Crippen LogP contribution in [0.3, 0.4) is 0 Å². The van der Waals surface area contributed by atoms with Crippen molar-refractivity contribution < 1.29 is 4.79 Å². The predicted molar refractivity (Wildman–Crippen MR) is 78.6 cm³/mol. The lowest BCUT2D eigenvalue weighted by Crippen LogP contribution is -2.53. The maximum absolute atomic E-state index is 12.4. The fourth-order valence-electron chi connectivity index (χ4n) is 2.39. The number of carbonyl (C=O) groups excluding carboxylic acids is 1. The average Bonchev–Trinajstić information content (AvgIpc) is 2.35. The van der Waals surface area contributed by atoms with Crippen LogP contribution in [0.15, 0.2) is 24.4 Å². The van der Waals surface area contributed by atoms with Crippen LogP contribution in [-0.2, 0) is 11.2 Å². The topological polar surface area (TPSA) is 59.2 Å². The van der Waals surface area contributed by atoms with Crippen molar-refractivity contribution in [3.8, 4) is 0 Å². The van der Waals surface area contributed by atoms with Gasteiger partial charge in [0.05, 0.1) is 10.4 Å². The van der Waals surface area contributed by atoms with Crippen LogP contribution in [0.4, 0.5) is 0 Å². The number of thiocarbonyl (C=S) groups is 1. The molecule has 2 N–H and O–H groups in total. The Hall–Kier alpha value is -1.49. The molecule has 0 spiro atoms. The summed E-state index contributed by atoms with van der Waals surface area (Å²) in [5, 5.41) is 0. The molecule has 1 aromatic heterocycles. The zero-order chi connectivity index (χ0) is 13.9. The SMILES string of the molecule is CN(CCc1ccccn1)C(=O)C1(C(N)=S)CCC1. The second kappa shape index (κ2) is 5.65. The fraction of sp³-hybridized carbons (Fsp3) is 0.500. The van der Waals surface area contributed by atoms with E-state index in [2.05, 4.69) is 4.98 Å². The maximum atomic E-state index is 12.4. The summed E-state index contributed by atoms with van der Waals surface area (Å²) in [6.45, 7) is 0.639. The van der Waals surface area contributed by atoms with E-state index < -0.39 is 5.41 Å². The summed E-state index contributed by atoms with van der Waals surface area (Å²) in [7, 11) is 1.81. The first-order chi connectivity index (χ1) is 9.06. The molecular formula is C14H19N3OS. The van der Waals surface area contributed by atoms with Gasteiger partial charge in [-0.05, 0) is 25.0 Å². The van der Waals surface area contributed by atoms with E-state index in [9.17, 15) is 4.79 Å². The fourth-order valence-corrected chi connectivity index (χ4v) is 2.68. The highest BCUT2D eigenvalue weighted by atomic mass is 32.1. The van der Waals surface area contributed by atoms with Crippen molar-refractivity contribution >= 4 is 23.1 Å². The molecule has 1 heterocycles. The van der Waals surface area contributed by atoms with Gasteiger partial charge in [0.2, 0.25) is 5.91 Å². The molecule has 0 aliphatic heterocycles. The maximum Gasteiger partial charge on any atom is 0.235 e. The van der Waals surface area contributed by atoms with Gasteiger partial charge in [0.15, 0.2) is 0 Å². The molecule has 1 amide bonds. The van der Waals surface area contributed by atoms with Gasteiger partial charge in [-0.1, -0.05) is 24.7 Å². The third-order valence-corrected chi connectivity index (χ3v) is 4.26.